The highest BCUT2D eigenvalue weighted by atomic mass is 16.6. The molecule has 0 aromatic carbocycles. The van der Waals surface area contributed by atoms with Crippen LogP contribution in [0.3, 0.4) is 0 Å². The Hall–Kier alpha value is -4.19. The monoisotopic (exact) mass is 997 g/mol. The molecule has 0 heterocycles. The standard InChI is InChI=1S/C66H108O6/c1-4-7-10-13-16-19-22-25-27-29-31-32-33-35-36-38-41-44-47-50-53-56-59-65(68)71-62-63(61-70-64(67)58-55-52-49-46-43-40-24-21-18-15-12-9-6-3)72-66(69)60-57-54-51-48-45-42-39-37-34-30-28-26-23-20-17-14-11-8-5-2/h8-9,11-12,17-18,20-21,26,28,34,37,40,42-43,45,49,51-52,54,63H,4-7,10,13-16,19,22-25,27,29-33,35-36,38-39,41,44,46-48,50,53,55-62H2,1-3H3/b11-8-,12-9-,20-17-,21-18-,28-26-,37-34-,43-40-,45-42-,52-49-,54-51-. The number of carbonyl (C=O) groups is 3. The van der Waals surface area contributed by atoms with Crippen molar-refractivity contribution in [1.29, 1.82) is 0 Å². The molecule has 0 aliphatic rings. The maximum atomic E-state index is 12.8. The van der Waals surface area contributed by atoms with Crippen molar-refractivity contribution in [2.24, 2.45) is 0 Å². The third-order valence-electron chi connectivity index (χ3n) is 12.2. The second-order valence-corrected chi connectivity index (χ2v) is 19.1. The Bertz CT molecular complexity index is 1520. The first kappa shape index (κ1) is 67.8. The smallest absolute Gasteiger partial charge is 0.306 e. The van der Waals surface area contributed by atoms with E-state index in [1.807, 2.05) is 24.3 Å². The van der Waals surface area contributed by atoms with Gasteiger partial charge in [-0.1, -0.05) is 277 Å². The molecular formula is C66H108O6. The SMILES string of the molecule is CC/C=C\C/C=C\C/C=C\C/C=C\C/C=C\C/C=C\CCC(=O)OC(COC(=O)CC/C=C\C/C=C\C/C=C\C/C=C\CC)COC(=O)CCCCCCCCCCCCCCCCCCCCCCCC. The minimum absolute atomic E-state index is 0.131. The number of hydrogen-bond acceptors (Lipinski definition) is 6. The van der Waals surface area contributed by atoms with Crippen LogP contribution in [0.25, 0.3) is 0 Å². The lowest BCUT2D eigenvalue weighted by atomic mass is 10.0. The predicted molar refractivity (Wildman–Crippen MR) is 311 cm³/mol. The van der Waals surface area contributed by atoms with Crippen molar-refractivity contribution in [1.82, 2.24) is 0 Å². The normalized spacial score (nSPS) is 13.0. The van der Waals surface area contributed by atoms with E-state index < -0.39 is 12.1 Å². The van der Waals surface area contributed by atoms with Crippen LogP contribution in [0.1, 0.15) is 258 Å². The summed E-state index contributed by atoms with van der Waals surface area (Å²) >= 11 is 0. The molecule has 0 rings (SSSR count). The summed E-state index contributed by atoms with van der Waals surface area (Å²) in [5.41, 5.74) is 0. The van der Waals surface area contributed by atoms with E-state index in [4.69, 9.17) is 14.2 Å². The molecule has 0 bridgehead atoms. The Balaban J connectivity index is 4.48. The maximum absolute atomic E-state index is 12.8. The summed E-state index contributed by atoms with van der Waals surface area (Å²) in [5.74, 6) is -1.10. The van der Waals surface area contributed by atoms with E-state index in [0.717, 1.165) is 83.5 Å². The zero-order valence-electron chi connectivity index (χ0n) is 46.7. The van der Waals surface area contributed by atoms with Crippen molar-refractivity contribution in [2.75, 3.05) is 13.2 Å². The fraction of sp³-hybridized carbons (Fsp3) is 0.652. The fourth-order valence-electron chi connectivity index (χ4n) is 7.89. The summed E-state index contributed by atoms with van der Waals surface area (Å²) < 4.78 is 16.7. The van der Waals surface area contributed by atoms with E-state index in [2.05, 4.69) is 118 Å². The number of unbranched alkanes of at least 4 members (excludes halogenated alkanes) is 21. The second kappa shape index (κ2) is 59.4. The molecule has 0 spiro atoms. The highest BCUT2D eigenvalue weighted by molar-refractivity contribution is 5.71. The molecule has 0 saturated carbocycles. The molecule has 6 heteroatoms. The lowest BCUT2D eigenvalue weighted by Crippen LogP contribution is -2.30. The van der Waals surface area contributed by atoms with Crippen LogP contribution in [-0.4, -0.2) is 37.2 Å². The van der Waals surface area contributed by atoms with Crippen molar-refractivity contribution < 1.29 is 28.6 Å². The van der Waals surface area contributed by atoms with Crippen LogP contribution in [0.15, 0.2) is 122 Å². The van der Waals surface area contributed by atoms with Gasteiger partial charge in [0.15, 0.2) is 6.10 Å². The van der Waals surface area contributed by atoms with E-state index in [-0.39, 0.29) is 38.0 Å². The average Bonchev–Trinajstić information content (AvgIpc) is 3.38. The number of carbonyl (C=O) groups excluding carboxylic acids is 3. The van der Waals surface area contributed by atoms with E-state index in [1.165, 1.54) is 122 Å². The minimum atomic E-state index is -0.849. The summed E-state index contributed by atoms with van der Waals surface area (Å²) in [5, 5.41) is 0. The first-order valence-electron chi connectivity index (χ1n) is 29.5. The van der Waals surface area contributed by atoms with Crippen molar-refractivity contribution in [3.63, 3.8) is 0 Å². The van der Waals surface area contributed by atoms with Crippen LogP contribution < -0.4 is 0 Å². The number of rotatable bonds is 52. The Morgan fingerprint density at radius 3 is 0.847 bits per heavy atom. The van der Waals surface area contributed by atoms with Gasteiger partial charge in [0.05, 0.1) is 0 Å². The average molecular weight is 998 g/mol. The van der Waals surface area contributed by atoms with Gasteiger partial charge in [0.2, 0.25) is 0 Å². The minimum Gasteiger partial charge on any atom is -0.462 e. The van der Waals surface area contributed by atoms with Gasteiger partial charge in [0.1, 0.15) is 13.2 Å². The molecule has 0 fully saturated rings. The van der Waals surface area contributed by atoms with Crippen molar-refractivity contribution >= 4 is 17.9 Å². The van der Waals surface area contributed by atoms with Crippen LogP contribution in [0.5, 0.6) is 0 Å². The molecule has 1 atom stereocenters. The first-order valence-corrected chi connectivity index (χ1v) is 29.5. The number of esters is 3. The Morgan fingerprint density at radius 1 is 0.292 bits per heavy atom. The Morgan fingerprint density at radius 2 is 0.542 bits per heavy atom. The first-order chi connectivity index (χ1) is 35.5. The summed E-state index contributed by atoms with van der Waals surface area (Å²) in [7, 11) is 0. The van der Waals surface area contributed by atoms with Gasteiger partial charge in [0.25, 0.3) is 0 Å². The van der Waals surface area contributed by atoms with Gasteiger partial charge in [-0.05, 0) is 83.5 Å². The van der Waals surface area contributed by atoms with E-state index >= 15 is 0 Å². The number of allylic oxidation sites excluding steroid dienone is 20. The molecule has 0 aliphatic heterocycles. The summed E-state index contributed by atoms with van der Waals surface area (Å²) in [6.07, 6.45) is 82.3. The zero-order valence-corrected chi connectivity index (χ0v) is 46.7. The Kier molecular flexibility index (Phi) is 55.9. The number of hydrogen-bond donors (Lipinski definition) is 0. The van der Waals surface area contributed by atoms with Crippen molar-refractivity contribution in [2.45, 2.75) is 264 Å². The molecule has 72 heavy (non-hydrogen) atoms. The van der Waals surface area contributed by atoms with Gasteiger partial charge in [-0.2, -0.15) is 0 Å². The van der Waals surface area contributed by atoms with Crippen molar-refractivity contribution in [3.05, 3.63) is 122 Å². The van der Waals surface area contributed by atoms with Crippen molar-refractivity contribution in [3.8, 4) is 0 Å². The molecule has 0 aromatic heterocycles. The topological polar surface area (TPSA) is 78.9 Å². The second-order valence-electron chi connectivity index (χ2n) is 19.1. The molecule has 408 valence electrons. The molecule has 0 radical (unpaired) electrons. The fourth-order valence-corrected chi connectivity index (χ4v) is 7.89. The van der Waals surface area contributed by atoms with Gasteiger partial charge in [-0.15, -0.1) is 0 Å². The number of ether oxygens (including phenoxy) is 3. The molecular weight excluding hydrogens is 889 g/mol. The van der Waals surface area contributed by atoms with E-state index in [1.54, 1.807) is 0 Å². The van der Waals surface area contributed by atoms with Crippen LogP contribution in [0.2, 0.25) is 0 Å². The van der Waals surface area contributed by atoms with Gasteiger partial charge >= 0.3 is 17.9 Å². The molecule has 0 aromatic rings. The van der Waals surface area contributed by atoms with E-state index in [0.29, 0.717) is 19.3 Å². The zero-order chi connectivity index (χ0) is 52.2. The molecule has 0 N–H and O–H groups in total. The maximum Gasteiger partial charge on any atom is 0.306 e. The van der Waals surface area contributed by atoms with E-state index in [9.17, 15) is 14.4 Å². The lowest BCUT2D eigenvalue weighted by Gasteiger charge is -2.18. The molecule has 0 amide bonds. The predicted octanol–water partition coefficient (Wildman–Crippen LogP) is 20.0. The van der Waals surface area contributed by atoms with Crippen LogP contribution in [0, 0.1) is 0 Å². The quantitative estimate of drug-likeness (QED) is 0.0261. The van der Waals surface area contributed by atoms with Gasteiger partial charge in [0, 0.05) is 19.3 Å². The molecule has 0 saturated heterocycles. The molecule has 1 unspecified atom stereocenters. The summed E-state index contributed by atoms with van der Waals surface area (Å²) in [6, 6.07) is 0. The largest absolute Gasteiger partial charge is 0.462 e. The van der Waals surface area contributed by atoms with Gasteiger partial charge in [-0.25, -0.2) is 0 Å². The third-order valence-corrected chi connectivity index (χ3v) is 12.2. The highest BCUT2D eigenvalue weighted by Crippen LogP contribution is 2.16. The lowest BCUT2D eigenvalue weighted by molar-refractivity contribution is -0.166. The summed E-state index contributed by atoms with van der Waals surface area (Å²) in [4.78, 5) is 38.1. The highest BCUT2D eigenvalue weighted by Gasteiger charge is 2.19. The van der Waals surface area contributed by atoms with Gasteiger partial charge in [-0.3, -0.25) is 14.4 Å². The summed E-state index contributed by atoms with van der Waals surface area (Å²) in [6.45, 7) is 6.29. The Labute approximate surface area is 443 Å². The van der Waals surface area contributed by atoms with Gasteiger partial charge < -0.3 is 14.2 Å². The van der Waals surface area contributed by atoms with Crippen LogP contribution in [-0.2, 0) is 28.6 Å². The molecule has 0 aliphatic carbocycles. The van der Waals surface area contributed by atoms with Crippen LogP contribution >= 0.6 is 0 Å². The van der Waals surface area contributed by atoms with Crippen LogP contribution in [0.4, 0.5) is 0 Å². The molecule has 6 nitrogen and oxygen atoms in total. The third kappa shape index (κ3) is 56.7.